The van der Waals surface area contributed by atoms with Crippen molar-refractivity contribution in [2.45, 2.75) is 6.42 Å². The summed E-state index contributed by atoms with van der Waals surface area (Å²) in [6, 6.07) is 3.80. The first-order valence-electron chi connectivity index (χ1n) is 4.51. The number of nitrogens with two attached hydrogens (primary N) is 1. The predicted molar refractivity (Wildman–Crippen MR) is 60.9 cm³/mol. The van der Waals surface area contributed by atoms with E-state index < -0.39 is 0 Å². The van der Waals surface area contributed by atoms with Gasteiger partial charge in [-0.1, -0.05) is 11.6 Å². The fraction of sp³-hybridized carbons (Fsp3) is 0.400. The minimum absolute atomic E-state index is 0.410. The minimum atomic E-state index is 0.410. The van der Waals surface area contributed by atoms with Crippen molar-refractivity contribution in [2.75, 3.05) is 13.2 Å². The number of fused-ring (bicyclic) bond motifs is 1. The van der Waals surface area contributed by atoms with E-state index in [-0.39, 0.29) is 0 Å². The molecule has 0 unspecified atom stereocenters. The Morgan fingerprint density at radius 1 is 1.57 bits per heavy atom. The maximum Gasteiger partial charge on any atom is 0.136 e. The average Bonchev–Trinajstić information content (AvgIpc) is 2.16. The number of rotatable bonds is 1. The molecule has 0 aliphatic carbocycles. The van der Waals surface area contributed by atoms with Crippen LogP contribution >= 0.6 is 27.5 Å². The fourth-order valence-corrected chi connectivity index (χ4v) is 2.64. The van der Waals surface area contributed by atoms with Gasteiger partial charge in [0.1, 0.15) is 5.75 Å². The Labute approximate surface area is 96.5 Å². The van der Waals surface area contributed by atoms with Crippen molar-refractivity contribution in [1.82, 2.24) is 0 Å². The molecule has 0 fully saturated rings. The van der Waals surface area contributed by atoms with Gasteiger partial charge >= 0.3 is 0 Å². The molecule has 1 aliphatic rings. The van der Waals surface area contributed by atoms with Gasteiger partial charge in [0.2, 0.25) is 0 Å². The van der Waals surface area contributed by atoms with Crippen molar-refractivity contribution >= 4 is 27.5 Å². The molecule has 1 heterocycles. The first-order chi connectivity index (χ1) is 6.70. The van der Waals surface area contributed by atoms with E-state index in [2.05, 4.69) is 15.9 Å². The smallest absolute Gasteiger partial charge is 0.136 e. The highest BCUT2D eigenvalue weighted by molar-refractivity contribution is 9.10. The van der Waals surface area contributed by atoms with Gasteiger partial charge < -0.3 is 10.5 Å². The van der Waals surface area contributed by atoms with Crippen molar-refractivity contribution in [3.05, 3.63) is 27.2 Å². The molecule has 2 rings (SSSR count). The van der Waals surface area contributed by atoms with E-state index in [0.29, 0.717) is 19.1 Å². The lowest BCUT2D eigenvalue weighted by molar-refractivity contribution is 0.225. The van der Waals surface area contributed by atoms with Crippen LogP contribution in [0.2, 0.25) is 5.02 Å². The molecule has 2 N–H and O–H groups in total. The summed E-state index contributed by atoms with van der Waals surface area (Å²) in [7, 11) is 0. The zero-order valence-electron chi connectivity index (χ0n) is 7.59. The largest absolute Gasteiger partial charge is 0.492 e. The van der Waals surface area contributed by atoms with Gasteiger partial charge in [-0.15, -0.1) is 0 Å². The highest BCUT2D eigenvalue weighted by atomic mass is 79.9. The van der Waals surface area contributed by atoms with Crippen LogP contribution in [0.4, 0.5) is 0 Å². The van der Waals surface area contributed by atoms with Crippen LogP contribution in [-0.2, 0) is 6.42 Å². The van der Waals surface area contributed by atoms with Crippen LogP contribution in [0.1, 0.15) is 5.56 Å². The second-order valence-corrected chi connectivity index (χ2v) is 4.78. The molecule has 0 aromatic heterocycles. The topological polar surface area (TPSA) is 35.2 Å². The molecule has 0 amide bonds. The zero-order chi connectivity index (χ0) is 10.1. The SMILES string of the molecule is NC[C@@H]1COc2c(Br)cc(Cl)cc2C1. The maximum absolute atomic E-state index is 5.96. The summed E-state index contributed by atoms with van der Waals surface area (Å²) in [6.07, 6.45) is 0.949. The average molecular weight is 277 g/mol. The molecule has 1 aromatic carbocycles. The summed E-state index contributed by atoms with van der Waals surface area (Å²) in [5.74, 6) is 1.33. The Morgan fingerprint density at radius 3 is 3.07 bits per heavy atom. The third-order valence-electron chi connectivity index (χ3n) is 2.39. The number of halogens is 2. The highest BCUT2D eigenvalue weighted by Gasteiger charge is 2.21. The maximum atomic E-state index is 5.96. The molecule has 1 aromatic rings. The summed E-state index contributed by atoms with van der Waals surface area (Å²) < 4.78 is 6.55. The number of ether oxygens (including phenoxy) is 1. The van der Waals surface area contributed by atoms with Gasteiger partial charge in [-0.2, -0.15) is 0 Å². The third kappa shape index (κ3) is 1.90. The summed E-state index contributed by atoms with van der Waals surface area (Å²) >= 11 is 9.39. The van der Waals surface area contributed by atoms with E-state index >= 15 is 0 Å². The molecule has 0 saturated heterocycles. The van der Waals surface area contributed by atoms with E-state index in [1.807, 2.05) is 12.1 Å². The van der Waals surface area contributed by atoms with E-state index in [1.54, 1.807) is 0 Å². The number of hydrogen-bond donors (Lipinski definition) is 1. The second-order valence-electron chi connectivity index (χ2n) is 3.49. The molecule has 0 bridgehead atoms. The molecule has 0 radical (unpaired) electrons. The highest BCUT2D eigenvalue weighted by Crippen LogP contribution is 2.36. The second kappa shape index (κ2) is 4.09. The number of hydrogen-bond acceptors (Lipinski definition) is 2. The summed E-state index contributed by atoms with van der Waals surface area (Å²) in [5, 5.41) is 0.733. The lowest BCUT2D eigenvalue weighted by Gasteiger charge is -2.25. The Hall–Kier alpha value is -0.250. The molecule has 0 spiro atoms. The van der Waals surface area contributed by atoms with Crippen LogP contribution in [0.3, 0.4) is 0 Å². The molecule has 4 heteroatoms. The van der Waals surface area contributed by atoms with Crippen LogP contribution in [0.25, 0.3) is 0 Å². The van der Waals surface area contributed by atoms with Crippen molar-refractivity contribution < 1.29 is 4.74 Å². The molecular formula is C10H11BrClNO. The lowest BCUT2D eigenvalue weighted by Crippen LogP contribution is -2.27. The Bertz CT molecular complexity index is 356. The summed E-state index contributed by atoms with van der Waals surface area (Å²) in [5.41, 5.74) is 6.76. The summed E-state index contributed by atoms with van der Waals surface area (Å²) in [4.78, 5) is 0. The molecule has 2 nitrogen and oxygen atoms in total. The first-order valence-corrected chi connectivity index (χ1v) is 5.68. The van der Waals surface area contributed by atoms with Crippen molar-refractivity contribution in [1.29, 1.82) is 0 Å². The van der Waals surface area contributed by atoms with Crippen LogP contribution in [0, 0.1) is 5.92 Å². The first kappa shape index (κ1) is 10.3. The normalized spacial score (nSPS) is 20.1. The molecular weight excluding hydrogens is 265 g/mol. The van der Waals surface area contributed by atoms with E-state index in [9.17, 15) is 0 Å². The van der Waals surface area contributed by atoms with Gasteiger partial charge in [0.05, 0.1) is 11.1 Å². The molecule has 14 heavy (non-hydrogen) atoms. The zero-order valence-corrected chi connectivity index (χ0v) is 9.94. The molecule has 76 valence electrons. The van der Waals surface area contributed by atoms with Gasteiger partial charge in [-0.3, -0.25) is 0 Å². The van der Waals surface area contributed by atoms with Crippen LogP contribution in [-0.4, -0.2) is 13.2 Å². The van der Waals surface area contributed by atoms with Crippen molar-refractivity contribution in [2.24, 2.45) is 11.7 Å². The fourth-order valence-electron chi connectivity index (χ4n) is 1.65. The van der Waals surface area contributed by atoms with Crippen LogP contribution in [0.15, 0.2) is 16.6 Å². The van der Waals surface area contributed by atoms with E-state index in [4.69, 9.17) is 22.1 Å². The Morgan fingerprint density at radius 2 is 2.36 bits per heavy atom. The Balaban J connectivity index is 2.37. The monoisotopic (exact) mass is 275 g/mol. The predicted octanol–water partition coefficient (Wildman–Crippen LogP) is 2.61. The lowest BCUT2D eigenvalue weighted by atomic mass is 9.97. The quantitative estimate of drug-likeness (QED) is 0.856. The van der Waals surface area contributed by atoms with Crippen LogP contribution in [0.5, 0.6) is 5.75 Å². The van der Waals surface area contributed by atoms with Gasteiger partial charge in [0.25, 0.3) is 0 Å². The number of benzene rings is 1. The van der Waals surface area contributed by atoms with Crippen molar-refractivity contribution in [3.63, 3.8) is 0 Å². The van der Waals surface area contributed by atoms with E-state index in [1.165, 1.54) is 0 Å². The van der Waals surface area contributed by atoms with E-state index in [0.717, 1.165) is 27.2 Å². The standard InChI is InChI=1S/C10H11BrClNO/c11-9-3-8(12)2-7-1-6(4-13)5-14-10(7)9/h2-3,6H,1,4-5,13H2/t6-/m1/s1. The molecule has 1 aliphatic heterocycles. The van der Waals surface area contributed by atoms with Gasteiger partial charge in [0.15, 0.2) is 0 Å². The van der Waals surface area contributed by atoms with Crippen LogP contribution < -0.4 is 10.5 Å². The van der Waals surface area contributed by atoms with Gasteiger partial charge in [-0.05, 0) is 46.6 Å². The minimum Gasteiger partial charge on any atom is -0.492 e. The molecule has 0 saturated carbocycles. The summed E-state index contributed by atoms with van der Waals surface area (Å²) in [6.45, 7) is 1.35. The van der Waals surface area contributed by atoms with Gasteiger partial charge in [0, 0.05) is 10.9 Å². The third-order valence-corrected chi connectivity index (χ3v) is 3.20. The van der Waals surface area contributed by atoms with Crippen molar-refractivity contribution in [3.8, 4) is 5.75 Å². The van der Waals surface area contributed by atoms with Gasteiger partial charge in [-0.25, -0.2) is 0 Å². The molecule has 1 atom stereocenters. The Kier molecular flexibility index (Phi) is 3.00.